The molecule has 114 valence electrons. The van der Waals surface area contributed by atoms with E-state index in [1.165, 1.54) is 12.1 Å². The summed E-state index contributed by atoms with van der Waals surface area (Å²) in [5, 5.41) is 2.73. The number of piperazine rings is 1. The van der Waals surface area contributed by atoms with Crippen molar-refractivity contribution < 1.29 is 14.0 Å². The zero-order valence-corrected chi connectivity index (χ0v) is 12.6. The fourth-order valence-electron chi connectivity index (χ4n) is 2.65. The van der Waals surface area contributed by atoms with Crippen LogP contribution >= 0.6 is 0 Å². The van der Waals surface area contributed by atoms with E-state index in [4.69, 9.17) is 0 Å². The van der Waals surface area contributed by atoms with E-state index in [9.17, 15) is 14.0 Å². The highest BCUT2D eigenvalue weighted by Gasteiger charge is 2.36. The van der Waals surface area contributed by atoms with Gasteiger partial charge in [0.05, 0.1) is 0 Å². The zero-order valence-electron chi connectivity index (χ0n) is 12.6. The van der Waals surface area contributed by atoms with Crippen LogP contribution in [0.5, 0.6) is 0 Å². The average molecular weight is 292 g/mol. The predicted octanol–water partition coefficient (Wildman–Crippen LogP) is 1.80. The molecule has 0 saturated carbocycles. The molecular weight excluding hydrogens is 271 g/mol. The van der Waals surface area contributed by atoms with Gasteiger partial charge in [0.2, 0.25) is 11.8 Å². The van der Waals surface area contributed by atoms with Gasteiger partial charge in [0.1, 0.15) is 17.9 Å². The van der Waals surface area contributed by atoms with E-state index in [0.29, 0.717) is 19.4 Å². The van der Waals surface area contributed by atoms with Gasteiger partial charge < -0.3 is 10.2 Å². The van der Waals surface area contributed by atoms with Crippen molar-refractivity contribution in [3.05, 3.63) is 35.1 Å². The van der Waals surface area contributed by atoms with Crippen LogP contribution in [0.2, 0.25) is 0 Å². The van der Waals surface area contributed by atoms with Gasteiger partial charge in [0, 0.05) is 6.54 Å². The van der Waals surface area contributed by atoms with Gasteiger partial charge in [-0.25, -0.2) is 4.39 Å². The molecule has 2 unspecified atom stereocenters. The van der Waals surface area contributed by atoms with Crippen LogP contribution in [-0.4, -0.2) is 35.3 Å². The molecule has 1 fully saturated rings. The Balaban J connectivity index is 2.09. The second kappa shape index (κ2) is 6.24. The van der Waals surface area contributed by atoms with Gasteiger partial charge in [-0.3, -0.25) is 9.59 Å². The van der Waals surface area contributed by atoms with Crippen molar-refractivity contribution in [2.45, 2.75) is 45.7 Å². The van der Waals surface area contributed by atoms with Crippen LogP contribution < -0.4 is 5.32 Å². The number of hydrogen-bond donors (Lipinski definition) is 1. The van der Waals surface area contributed by atoms with Crippen molar-refractivity contribution in [2.24, 2.45) is 0 Å². The first-order chi connectivity index (χ1) is 9.93. The summed E-state index contributed by atoms with van der Waals surface area (Å²) in [6, 6.07) is 3.76. The van der Waals surface area contributed by atoms with Crippen molar-refractivity contribution in [2.75, 3.05) is 6.54 Å². The smallest absolute Gasteiger partial charge is 0.245 e. The minimum absolute atomic E-state index is 0.0376. The second-order valence-corrected chi connectivity index (χ2v) is 5.50. The quantitative estimate of drug-likeness (QED) is 0.920. The number of carbonyl (C=O) groups is 2. The number of carbonyl (C=O) groups excluding carboxylic acids is 2. The van der Waals surface area contributed by atoms with Gasteiger partial charge in [-0.1, -0.05) is 13.0 Å². The summed E-state index contributed by atoms with van der Waals surface area (Å²) in [5.41, 5.74) is 1.86. The van der Waals surface area contributed by atoms with Crippen LogP contribution in [0.3, 0.4) is 0 Å². The molecule has 2 atom stereocenters. The first-order valence-corrected chi connectivity index (χ1v) is 7.30. The molecule has 1 aromatic rings. The number of nitrogens with zero attached hydrogens (tertiary/aromatic N) is 1. The Kier molecular flexibility index (Phi) is 4.60. The zero-order chi connectivity index (χ0) is 15.6. The molecule has 1 aliphatic rings. The van der Waals surface area contributed by atoms with E-state index in [1.807, 2.05) is 13.8 Å². The van der Waals surface area contributed by atoms with E-state index in [2.05, 4.69) is 5.32 Å². The van der Waals surface area contributed by atoms with Gasteiger partial charge in [-0.15, -0.1) is 0 Å². The molecule has 0 spiro atoms. The third-order valence-corrected chi connectivity index (χ3v) is 4.08. The third kappa shape index (κ3) is 3.23. The van der Waals surface area contributed by atoms with Crippen molar-refractivity contribution in [1.82, 2.24) is 10.2 Å². The van der Waals surface area contributed by atoms with Crippen molar-refractivity contribution in [3.63, 3.8) is 0 Å². The largest absolute Gasteiger partial charge is 0.343 e. The minimum Gasteiger partial charge on any atom is -0.343 e. The molecule has 0 radical (unpaired) electrons. The molecule has 1 aliphatic heterocycles. The fourth-order valence-corrected chi connectivity index (χ4v) is 2.65. The normalized spacial score (nSPS) is 22.4. The Morgan fingerprint density at radius 3 is 2.67 bits per heavy atom. The molecule has 2 rings (SSSR count). The summed E-state index contributed by atoms with van der Waals surface area (Å²) in [4.78, 5) is 25.8. The minimum atomic E-state index is -0.457. The van der Waals surface area contributed by atoms with E-state index < -0.39 is 12.1 Å². The summed E-state index contributed by atoms with van der Waals surface area (Å²) in [6.07, 6.45) is 1.20. The summed E-state index contributed by atoms with van der Waals surface area (Å²) in [7, 11) is 0. The Bertz CT molecular complexity index is 559. The topological polar surface area (TPSA) is 49.4 Å². The summed E-state index contributed by atoms with van der Waals surface area (Å²) >= 11 is 0. The second-order valence-electron chi connectivity index (χ2n) is 5.50. The van der Waals surface area contributed by atoms with E-state index >= 15 is 0 Å². The lowest BCUT2D eigenvalue weighted by Gasteiger charge is -2.37. The molecule has 0 aliphatic carbocycles. The maximum absolute atomic E-state index is 13.1. The van der Waals surface area contributed by atoms with Crippen LogP contribution in [-0.2, 0) is 16.0 Å². The summed E-state index contributed by atoms with van der Waals surface area (Å²) in [5.74, 6) is -0.411. The number of hydrogen-bond acceptors (Lipinski definition) is 2. The van der Waals surface area contributed by atoms with Gasteiger partial charge in [-0.05, 0) is 49.9 Å². The lowest BCUT2D eigenvalue weighted by molar-refractivity contribution is -0.148. The SMILES string of the molecule is CCC1NC(=O)C(C)N(CCc2ccc(F)cc2C)C1=O. The lowest BCUT2D eigenvalue weighted by Crippen LogP contribution is -2.62. The Morgan fingerprint density at radius 2 is 2.05 bits per heavy atom. The first kappa shape index (κ1) is 15.5. The predicted molar refractivity (Wildman–Crippen MR) is 78.2 cm³/mol. The van der Waals surface area contributed by atoms with Gasteiger partial charge >= 0.3 is 0 Å². The Hall–Kier alpha value is -1.91. The Morgan fingerprint density at radius 1 is 1.33 bits per heavy atom. The molecule has 1 N–H and O–H groups in total. The lowest BCUT2D eigenvalue weighted by atomic mass is 10.0. The summed E-state index contributed by atoms with van der Waals surface area (Å²) in [6.45, 7) is 5.93. The van der Waals surface area contributed by atoms with Crippen LogP contribution in [0.15, 0.2) is 18.2 Å². The highest BCUT2D eigenvalue weighted by atomic mass is 19.1. The van der Waals surface area contributed by atoms with Crippen LogP contribution in [0.25, 0.3) is 0 Å². The number of halogens is 1. The maximum atomic E-state index is 13.1. The van der Waals surface area contributed by atoms with E-state index in [-0.39, 0.29) is 17.6 Å². The molecule has 4 nitrogen and oxygen atoms in total. The fraction of sp³-hybridized carbons (Fsp3) is 0.500. The summed E-state index contributed by atoms with van der Waals surface area (Å²) < 4.78 is 13.1. The number of rotatable bonds is 4. The molecule has 1 heterocycles. The van der Waals surface area contributed by atoms with Crippen LogP contribution in [0.4, 0.5) is 4.39 Å². The van der Waals surface area contributed by atoms with Gasteiger partial charge in [-0.2, -0.15) is 0 Å². The van der Waals surface area contributed by atoms with Gasteiger partial charge in [0.25, 0.3) is 0 Å². The maximum Gasteiger partial charge on any atom is 0.245 e. The standard InChI is InChI=1S/C16H21FN2O2/c1-4-14-16(21)19(11(3)15(20)18-14)8-7-12-5-6-13(17)9-10(12)2/h5-6,9,11,14H,4,7-8H2,1-3H3,(H,18,20). The highest BCUT2D eigenvalue weighted by Crippen LogP contribution is 2.15. The first-order valence-electron chi connectivity index (χ1n) is 7.30. The number of nitrogens with one attached hydrogen (secondary N) is 1. The number of benzene rings is 1. The Labute approximate surface area is 124 Å². The molecule has 5 heteroatoms. The molecule has 1 aromatic carbocycles. The van der Waals surface area contributed by atoms with E-state index in [1.54, 1.807) is 17.9 Å². The molecule has 0 bridgehead atoms. The molecule has 0 aromatic heterocycles. The van der Waals surface area contributed by atoms with Crippen LogP contribution in [0, 0.1) is 12.7 Å². The molecule has 2 amide bonds. The molecule has 21 heavy (non-hydrogen) atoms. The number of aryl methyl sites for hydroxylation is 1. The third-order valence-electron chi connectivity index (χ3n) is 4.08. The van der Waals surface area contributed by atoms with Crippen molar-refractivity contribution in [1.29, 1.82) is 0 Å². The van der Waals surface area contributed by atoms with Gasteiger partial charge in [0.15, 0.2) is 0 Å². The van der Waals surface area contributed by atoms with Crippen molar-refractivity contribution in [3.8, 4) is 0 Å². The van der Waals surface area contributed by atoms with E-state index in [0.717, 1.165) is 11.1 Å². The monoisotopic (exact) mass is 292 g/mol. The van der Waals surface area contributed by atoms with Crippen LogP contribution in [0.1, 0.15) is 31.4 Å². The molecule has 1 saturated heterocycles. The molecular formula is C16H21FN2O2. The average Bonchev–Trinajstić information content (AvgIpc) is 2.44. The van der Waals surface area contributed by atoms with Crippen molar-refractivity contribution >= 4 is 11.8 Å². The number of amides is 2. The highest BCUT2D eigenvalue weighted by molar-refractivity contribution is 5.96.